The summed E-state index contributed by atoms with van der Waals surface area (Å²) in [6.07, 6.45) is 2.44. The molecule has 0 spiro atoms. The smallest absolute Gasteiger partial charge is 0.286 e. The standard InChI is InChI=1S/C19H24N2O3/c1-4-21(16-12-14(2)11-15(3)13-16)18(22)8-5-9-20-19(23)17-7-6-10-24-17/h6-7,10-13H,4-5,8-9H2,1-3H3,(H,20,23). The van der Waals surface area contributed by atoms with Crippen LogP contribution in [0.25, 0.3) is 0 Å². The van der Waals surface area contributed by atoms with E-state index < -0.39 is 0 Å². The van der Waals surface area contributed by atoms with Gasteiger partial charge in [0.05, 0.1) is 6.26 Å². The summed E-state index contributed by atoms with van der Waals surface area (Å²) < 4.78 is 5.02. The molecule has 1 N–H and O–H groups in total. The SMILES string of the molecule is CCN(C(=O)CCCNC(=O)c1ccco1)c1cc(C)cc(C)c1. The van der Waals surface area contributed by atoms with E-state index in [9.17, 15) is 9.59 Å². The van der Waals surface area contributed by atoms with Gasteiger partial charge in [-0.25, -0.2) is 0 Å². The highest BCUT2D eigenvalue weighted by atomic mass is 16.3. The van der Waals surface area contributed by atoms with Crippen LogP contribution in [0.3, 0.4) is 0 Å². The second-order valence-corrected chi connectivity index (χ2v) is 5.82. The van der Waals surface area contributed by atoms with Crippen LogP contribution in [0.2, 0.25) is 0 Å². The summed E-state index contributed by atoms with van der Waals surface area (Å²) in [5.74, 6) is 0.0931. The van der Waals surface area contributed by atoms with Gasteiger partial charge in [-0.1, -0.05) is 6.07 Å². The fourth-order valence-corrected chi connectivity index (χ4v) is 2.68. The maximum absolute atomic E-state index is 12.5. The summed E-state index contributed by atoms with van der Waals surface area (Å²) in [7, 11) is 0. The molecule has 1 aromatic heterocycles. The zero-order chi connectivity index (χ0) is 17.5. The Hall–Kier alpha value is -2.56. The van der Waals surface area contributed by atoms with E-state index in [2.05, 4.69) is 11.4 Å². The van der Waals surface area contributed by atoms with Crippen LogP contribution >= 0.6 is 0 Å². The van der Waals surface area contributed by atoms with Gasteiger partial charge in [-0.15, -0.1) is 0 Å². The first-order valence-corrected chi connectivity index (χ1v) is 8.21. The zero-order valence-electron chi connectivity index (χ0n) is 14.5. The fourth-order valence-electron chi connectivity index (χ4n) is 2.68. The molecule has 2 amide bonds. The van der Waals surface area contributed by atoms with Crippen LogP contribution in [-0.4, -0.2) is 24.9 Å². The van der Waals surface area contributed by atoms with E-state index in [0.717, 1.165) is 16.8 Å². The molecule has 0 fully saturated rings. The average Bonchev–Trinajstić information content (AvgIpc) is 3.05. The first kappa shape index (κ1) is 17.8. The highest BCUT2D eigenvalue weighted by Gasteiger charge is 2.14. The van der Waals surface area contributed by atoms with Crippen LogP contribution < -0.4 is 10.2 Å². The Kier molecular flexibility index (Phi) is 6.18. The fraction of sp³-hybridized carbons (Fsp3) is 0.368. The van der Waals surface area contributed by atoms with Crippen molar-refractivity contribution in [3.8, 4) is 0 Å². The van der Waals surface area contributed by atoms with Gasteiger partial charge in [0, 0.05) is 25.2 Å². The highest BCUT2D eigenvalue weighted by molar-refractivity contribution is 5.93. The molecule has 0 aliphatic rings. The number of anilines is 1. The van der Waals surface area contributed by atoms with Gasteiger partial charge < -0.3 is 14.6 Å². The Labute approximate surface area is 142 Å². The third kappa shape index (κ3) is 4.72. The summed E-state index contributed by atoms with van der Waals surface area (Å²) in [4.78, 5) is 26.0. The van der Waals surface area contributed by atoms with Gasteiger partial charge in [0.1, 0.15) is 0 Å². The lowest BCUT2D eigenvalue weighted by Gasteiger charge is -2.22. The Morgan fingerprint density at radius 2 is 1.88 bits per heavy atom. The molecule has 0 radical (unpaired) electrons. The molecule has 0 bridgehead atoms. The van der Waals surface area contributed by atoms with Crippen molar-refractivity contribution in [1.29, 1.82) is 0 Å². The number of nitrogens with zero attached hydrogens (tertiary/aromatic N) is 1. The average molecular weight is 328 g/mol. The highest BCUT2D eigenvalue weighted by Crippen LogP contribution is 2.19. The molecule has 0 aliphatic heterocycles. The van der Waals surface area contributed by atoms with Crippen LogP contribution in [0.4, 0.5) is 5.69 Å². The van der Waals surface area contributed by atoms with Crippen molar-refractivity contribution in [1.82, 2.24) is 5.32 Å². The third-order valence-corrected chi connectivity index (χ3v) is 3.73. The van der Waals surface area contributed by atoms with Crippen LogP contribution in [0.15, 0.2) is 41.0 Å². The molecule has 0 saturated carbocycles. The predicted molar refractivity (Wildman–Crippen MR) is 94.2 cm³/mol. The Morgan fingerprint density at radius 3 is 2.46 bits per heavy atom. The lowest BCUT2D eigenvalue weighted by molar-refractivity contribution is -0.118. The minimum absolute atomic E-state index is 0.0646. The maximum atomic E-state index is 12.5. The molecule has 0 saturated heterocycles. The molecule has 128 valence electrons. The number of carbonyl (C=O) groups excluding carboxylic acids is 2. The Balaban J connectivity index is 1.85. The molecule has 1 heterocycles. The van der Waals surface area contributed by atoms with Crippen LogP contribution in [0.1, 0.15) is 41.4 Å². The molecule has 0 atom stereocenters. The lowest BCUT2D eigenvalue weighted by Crippen LogP contribution is -2.32. The molecule has 2 aromatic rings. The number of hydrogen-bond acceptors (Lipinski definition) is 3. The Bertz CT molecular complexity index is 672. The number of carbonyl (C=O) groups is 2. The van der Waals surface area contributed by atoms with Gasteiger partial charge in [0.25, 0.3) is 5.91 Å². The molecule has 2 rings (SSSR count). The first-order chi connectivity index (χ1) is 11.5. The van der Waals surface area contributed by atoms with E-state index in [-0.39, 0.29) is 17.6 Å². The summed E-state index contributed by atoms with van der Waals surface area (Å²) in [6, 6.07) is 9.41. The van der Waals surface area contributed by atoms with E-state index in [4.69, 9.17) is 4.42 Å². The van der Waals surface area contributed by atoms with Crippen molar-refractivity contribution in [3.05, 3.63) is 53.5 Å². The van der Waals surface area contributed by atoms with Crippen molar-refractivity contribution in [2.24, 2.45) is 0 Å². The van der Waals surface area contributed by atoms with E-state index in [1.54, 1.807) is 17.0 Å². The topological polar surface area (TPSA) is 62.6 Å². The Morgan fingerprint density at radius 1 is 1.17 bits per heavy atom. The van der Waals surface area contributed by atoms with Crippen molar-refractivity contribution in [2.45, 2.75) is 33.6 Å². The number of furan rings is 1. The summed E-state index contributed by atoms with van der Waals surface area (Å²) in [6.45, 7) is 7.09. The monoisotopic (exact) mass is 328 g/mol. The minimum Gasteiger partial charge on any atom is -0.459 e. The molecule has 5 heteroatoms. The third-order valence-electron chi connectivity index (χ3n) is 3.73. The van der Waals surface area contributed by atoms with Gasteiger partial charge in [-0.3, -0.25) is 9.59 Å². The number of amides is 2. The van der Waals surface area contributed by atoms with Gasteiger partial charge in [-0.2, -0.15) is 0 Å². The number of rotatable bonds is 7. The molecule has 0 unspecified atom stereocenters. The normalized spacial score (nSPS) is 10.5. The predicted octanol–water partition coefficient (Wildman–Crippen LogP) is 3.46. The number of nitrogens with one attached hydrogen (secondary N) is 1. The summed E-state index contributed by atoms with van der Waals surface area (Å²) >= 11 is 0. The minimum atomic E-state index is -0.255. The van der Waals surface area contributed by atoms with Gasteiger partial charge in [0.2, 0.25) is 5.91 Å². The largest absolute Gasteiger partial charge is 0.459 e. The maximum Gasteiger partial charge on any atom is 0.286 e. The second kappa shape index (κ2) is 8.34. The van der Waals surface area contributed by atoms with E-state index in [1.165, 1.54) is 6.26 Å². The van der Waals surface area contributed by atoms with E-state index >= 15 is 0 Å². The second-order valence-electron chi connectivity index (χ2n) is 5.82. The zero-order valence-corrected chi connectivity index (χ0v) is 14.5. The van der Waals surface area contributed by atoms with Crippen LogP contribution in [0, 0.1) is 13.8 Å². The quantitative estimate of drug-likeness (QED) is 0.792. The lowest BCUT2D eigenvalue weighted by atomic mass is 10.1. The number of benzene rings is 1. The molecular formula is C19H24N2O3. The molecule has 24 heavy (non-hydrogen) atoms. The van der Waals surface area contributed by atoms with E-state index in [0.29, 0.717) is 25.9 Å². The molecule has 1 aromatic carbocycles. The van der Waals surface area contributed by atoms with Crippen molar-refractivity contribution in [3.63, 3.8) is 0 Å². The van der Waals surface area contributed by atoms with Gasteiger partial charge in [0.15, 0.2) is 5.76 Å². The van der Waals surface area contributed by atoms with Crippen LogP contribution in [-0.2, 0) is 4.79 Å². The summed E-state index contributed by atoms with van der Waals surface area (Å²) in [5.41, 5.74) is 3.21. The number of aryl methyl sites for hydroxylation is 2. The van der Waals surface area contributed by atoms with Crippen molar-refractivity contribution in [2.75, 3.05) is 18.0 Å². The van der Waals surface area contributed by atoms with Crippen molar-refractivity contribution >= 4 is 17.5 Å². The van der Waals surface area contributed by atoms with E-state index in [1.807, 2.05) is 32.9 Å². The number of hydrogen-bond donors (Lipinski definition) is 1. The molecule has 0 aliphatic carbocycles. The van der Waals surface area contributed by atoms with Gasteiger partial charge >= 0.3 is 0 Å². The summed E-state index contributed by atoms with van der Waals surface area (Å²) in [5, 5.41) is 2.75. The molecular weight excluding hydrogens is 304 g/mol. The van der Waals surface area contributed by atoms with Crippen molar-refractivity contribution < 1.29 is 14.0 Å². The van der Waals surface area contributed by atoms with Crippen LogP contribution in [0.5, 0.6) is 0 Å². The molecule has 5 nitrogen and oxygen atoms in total. The van der Waals surface area contributed by atoms with Gasteiger partial charge in [-0.05, 0) is 62.6 Å². The first-order valence-electron chi connectivity index (χ1n) is 8.21.